The van der Waals surface area contributed by atoms with Gasteiger partial charge >= 0.3 is 0 Å². The summed E-state index contributed by atoms with van der Waals surface area (Å²) < 4.78 is 6.12. The van der Waals surface area contributed by atoms with Gasteiger partial charge in [-0.1, -0.05) is 23.7 Å². The van der Waals surface area contributed by atoms with Gasteiger partial charge in [-0.05, 0) is 43.7 Å². The Kier molecular flexibility index (Phi) is 6.15. The van der Waals surface area contributed by atoms with Crippen molar-refractivity contribution >= 4 is 23.3 Å². The molecule has 0 saturated heterocycles. The van der Waals surface area contributed by atoms with Gasteiger partial charge in [-0.2, -0.15) is 0 Å². The van der Waals surface area contributed by atoms with Crippen LogP contribution < -0.4 is 0 Å². The molecule has 7 heteroatoms. The first-order valence-electron chi connectivity index (χ1n) is 8.98. The van der Waals surface area contributed by atoms with Gasteiger partial charge in [0.05, 0.1) is 17.7 Å². The van der Waals surface area contributed by atoms with Crippen molar-refractivity contribution in [3.8, 4) is 22.6 Å². The molecule has 1 amide bonds. The minimum Gasteiger partial charge on any atom is -0.455 e. The summed E-state index contributed by atoms with van der Waals surface area (Å²) in [6.07, 6.45) is 1.91. The van der Waals surface area contributed by atoms with E-state index < -0.39 is 0 Å². The first-order valence-corrected chi connectivity index (χ1v) is 9.35. The Hall–Kier alpha value is -2.96. The Balaban J connectivity index is 2.18. The molecule has 3 aromatic rings. The van der Waals surface area contributed by atoms with Crippen LogP contribution in [-0.4, -0.2) is 35.9 Å². The molecule has 3 rings (SSSR count). The van der Waals surface area contributed by atoms with Crippen LogP contribution in [-0.2, 0) is 16.1 Å². The van der Waals surface area contributed by atoms with Crippen LogP contribution in [0.15, 0.2) is 47.0 Å². The highest BCUT2D eigenvalue weighted by Crippen LogP contribution is 2.37. The lowest BCUT2D eigenvalue weighted by molar-refractivity contribution is -0.116. The quantitative estimate of drug-likeness (QED) is 0.547. The zero-order chi connectivity index (χ0) is 21.1. The first kappa shape index (κ1) is 20.8. The number of hydrogen-bond donors (Lipinski definition) is 0. The molecule has 150 valence electrons. The average molecular weight is 413 g/mol. The zero-order valence-electron chi connectivity index (χ0n) is 16.7. The van der Waals surface area contributed by atoms with Gasteiger partial charge in [-0.15, -0.1) is 0 Å². The number of pyridine rings is 1. The van der Waals surface area contributed by atoms with Crippen LogP contribution in [0.2, 0.25) is 5.02 Å². The molecule has 0 radical (unpaired) electrons. The molecule has 1 aromatic carbocycles. The molecule has 0 fully saturated rings. The number of carbonyl (C=O) groups is 2. The van der Waals surface area contributed by atoms with Crippen LogP contribution >= 0.6 is 11.6 Å². The van der Waals surface area contributed by atoms with Gasteiger partial charge in [0.2, 0.25) is 0 Å². The molecular formula is C22H21ClN2O4. The number of amides is 1. The van der Waals surface area contributed by atoms with E-state index in [1.807, 2.05) is 13.0 Å². The number of nitrogens with zero attached hydrogens (tertiary/aromatic N) is 2. The van der Waals surface area contributed by atoms with E-state index in [0.717, 1.165) is 16.2 Å². The molecule has 2 heterocycles. The Labute approximate surface area is 174 Å². The van der Waals surface area contributed by atoms with E-state index in [9.17, 15) is 9.59 Å². The molecule has 0 unspecified atom stereocenters. The van der Waals surface area contributed by atoms with Crippen LogP contribution in [0.1, 0.15) is 28.5 Å². The van der Waals surface area contributed by atoms with Crippen molar-refractivity contribution in [2.24, 2.45) is 0 Å². The lowest BCUT2D eigenvalue weighted by Gasteiger charge is -2.13. The van der Waals surface area contributed by atoms with Gasteiger partial charge in [-0.3, -0.25) is 19.4 Å². The Morgan fingerprint density at radius 2 is 1.93 bits per heavy atom. The largest absolute Gasteiger partial charge is 0.455 e. The second kappa shape index (κ2) is 8.59. The fraction of sp³-hybridized carbons (Fsp3) is 0.227. The monoisotopic (exact) mass is 412 g/mol. The number of aromatic nitrogens is 1. The molecular weight excluding hydrogens is 392 g/mol. The average Bonchev–Trinajstić information content (AvgIpc) is 3.13. The second-order valence-corrected chi connectivity index (χ2v) is 7.10. The Morgan fingerprint density at radius 3 is 2.59 bits per heavy atom. The molecule has 0 aliphatic heterocycles. The van der Waals surface area contributed by atoms with Crippen LogP contribution in [0, 0.1) is 6.92 Å². The number of aryl methyl sites for hydroxylation is 1. The van der Waals surface area contributed by atoms with Crippen LogP contribution in [0.3, 0.4) is 0 Å². The highest BCUT2D eigenvalue weighted by atomic mass is 35.5. The van der Waals surface area contributed by atoms with Crippen LogP contribution in [0.5, 0.6) is 0 Å². The molecule has 0 saturated carbocycles. The van der Waals surface area contributed by atoms with Gasteiger partial charge in [-0.25, -0.2) is 5.06 Å². The SMILES string of the molecule is CON(C)C(=O)c1cc(-c2cc(CC(C)=O)ncc2C)oc1-c1ccccc1Cl. The van der Waals surface area contributed by atoms with Crippen molar-refractivity contribution in [3.05, 3.63) is 64.4 Å². The van der Waals surface area contributed by atoms with Gasteiger partial charge in [0.25, 0.3) is 5.91 Å². The molecule has 0 atom stereocenters. The third-order valence-corrected chi connectivity index (χ3v) is 4.83. The first-order chi connectivity index (χ1) is 13.8. The highest BCUT2D eigenvalue weighted by molar-refractivity contribution is 6.33. The fourth-order valence-electron chi connectivity index (χ4n) is 2.96. The molecule has 0 aliphatic carbocycles. The standard InChI is InChI=1S/C22H21ClN2O4/c1-13-12-24-15(9-14(2)26)10-17(13)20-11-18(22(27)25(3)28-4)21(29-20)16-7-5-6-8-19(16)23/h5-8,10-12H,9H2,1-4H3. The molecule has 6 nitrogen and oxygen atoms in total. The van der Waals surface area contributed by atoms with Crippen molar-refractivity contribution in [2.45, 2.75) is 20.3 Å². The Morgan fingerprint density at radius 1 is 1.21 bits per heavy atom. The minimum atomic E-state index is -0.368. The number of benzene rings is 1. The molecule has 0 aliphatic rings. The number of halogens is 1. The maximum Gasteiger partial charge on any atom is 0.281 e. The maximum absolute atomic E-state index is 12.9. The predicted molar refractivity (Wildman–Crippen MR) is 111 cm³/mol. The topological polar surface area (TPSA) is 72.6 Å². The third kappa shape index (κ3) is 4.39. The minimum absolute atomic E-state index is 0.0149. The lowest BCUT2D eigenvalue weighted by Crippen LogP contribution is -2.25. The molecule has 2 aromatic heterocycles. The number of carbonyl (C=O) groups excluding carboxylic acids is 2. The van der Waals surface area contributed by atoms with E-state index in [-0.39, 0.29) is 18.1 Å². The predicted octanol–water partition coefficient (Wildman–Crippen LogP) is 4.74. The van der Waals surface area contributed by atoms with Gasteiger partial charge in [0, 0.05) is 36.5 Å². The smallest absolute Gasteiger partial charge is 0.281 e. The highest BCUT2D eigenvalue weighted by Gasteiger charge is 2.25. The van der Waals surface area contributed by atoms with Crippen molar-refractivity contribution in [1.82, 2.24) is 10.0 Å². The van der Waals surface area contributed by atoms with E-state index >= 15 is 0 Å². The van der Waals surface area contributed by atoms with Crippen molar-refractivity contribution in [3.63, 3.8) is 0 Å². The fourth-order valence-corrected chi connectivity index (χ4v) is 3.19. The number of furan rings is 1. The summed E-state index contributed by atoms with van der Waals surface area (Å²) in [6, 6.07) is 10.6. The normalized spacial score (nSPS) is 10.8. The summed E-state index contributed by atoms with van der Waals surface area (Å²) >= 11 is 6.35. The molecule has 0 N–H and O–H groups in total. The molecule has 0 bridgehead atoms. The molecule has 0 spiro atoms. The number of ketones is 1. The Bertz CT molecular complexity index is 1070. The van der Waals surface area contributed by atoms with Crippen LogP contribution in [0.25, 0.3) is 22.6 Å². The summed E-state index contributed by atoms with van der Waals surface area (Å²) in [5, 5.41) is 1.58. The summed E-state index contributed by atoms with van der Waals surface area (Å²) in [5.74, 6) is 0.482. The van der Waals surface area contributed by atoms with E-state index in [0.29, 0.717) is 33.4 Å². The second-order valence-electron chi connectivity index (χ2n) is 6.69. The summed E-state index contributed by atoms with van der Waals surface area (Å²) in [6.45, 7) is 3.40. The maximum atomic E-state index is 12.9. The van der Waals surface area contributed by atoms with E-state index in [1.165, 1.54) is 21.1 Å². The summed E-state index contributed by atoms with van der Waals surface area (Å²) in [4.78, 5) is 33.7. The van der Waals surface area contributed by atoms with Gasteiger partial charge < -0.3 is 4.42 Å². The van der Waals surface area contributed by atoms with Crippen molar-refractivity contribution in [2.75, 3.05) is 14.2 Å². The summed E-state index contributed by atoms with van der Waals surface area (Å²) in [7, 11) is 2.93. The van der Waals surface area contributed by atoms with Gasteiger partial charge in [0.15, 0.2) is 0 Å². The lowest BCUT2D eigenvalue weighted by atomic mass is 10.0. The third-order valence-electron chi connectivity index (χ3n) is 4.50. The van der Waals surface area contributed by atoms with E-state index in [4.69, 9.17) is 20.9 Å². The molecule has 29 heavy (non-hydrogen) atoms. The zero-order valence-corrected chi connectivity index (χ0v) is 17.4. The van der Waals surface area contributed by atoms with Crippen molar-refractivity contribution < 1.29 is 18.8 Å². The van der Waals surface area contributed by atoms with E-state index in [1.54, 1.807) is 36.5 Å². The van der Waals surface area contributed by atoms with Crippen molar-refractivity contribution in [1.29, 1.82) is 0 Å². The van der Waals surface area contributed by atoms with E-state index in [2.05, 4.69) is 4.98 Å². The number of rotatable bonds is 6. The van der Waals surface area contributed by atoms with Crippen LogP contribution in [0.4, 0.5) is 0 Å². The number of Topliss-reactive ketones (excluding diaryl/α,β-unsaturated/α-hetero) is 1. The number of hydroxylamine groups is 2. The summed E-state index contributed by atoms with van der Waals surface area (Å²) in [5.41, 5.74) is 3.17. The van der Waals surface area contributed by atoms with Gasteiger partial charge in [0.1, 0.15) is 17.3 Å². The number of hydrogen-bond acceptors (Lipinski definition) is 5.